The maximum atomic E-state index is 9.97. The van der Waals surface area contributed by atoms with Crippen molar-refractivity contribution in [2.75, 3.05) is 6.54 Å². The van der Waals surface area contributed by atoms with Gasteiger partial charge in [-0.25, -0.2) is 0 Å². The third-order valence-electron chi connectivity index (χ3n) is 3.74. The summed E-state index contributed by atoms with van der Waals surface area (Å²) in [5.74, 6) is 0.462. The smallest absolute Gasteiger partial charge is 0.188 e. The second kappa shape index (κ2) is 7.90. The molecule has 0 amide bonds. The van der Waals surface area contributed by atoms with E-state index in [4.69, 9.17) is 5.73 Å². The first-order valence-corrected chi connectivity index (χ1v) is 7.52. The zero-order valence-corrected chi connectivity index (χ0v) is 12.0. The Bertz CT molecular complexity index is 413. The predicted molar refractivity (Wildman–Crippen MR) is 82.7 cm³/mol. The molecule has 1 unspecified atom stereocenters. The number of hydrogen-bond donors (Lipinski definition) is 3. The fourth-order valence-electron chi connectivity index (χ4n) is 2.66. The standard InChI is InChI=1S/C16H25N3O/c17-16(19-14-9-5-2-6-10-14)18-12-15(20)11-13-7-3-1-4-8-13/h1,3-4,7-8,14-15,20H,2,5-6,9-12H2,(H3,17,18,19). The van der Waals surface area contributed by atoms with Gasteiger partial charge in [0.25, 0.3) is 0 Å². The van der Waals surface area contributed by atoms with E-state index in [9.17, 15) is 5.11 Å². The van der Waals surface area contributed by atoms with Crippen LogP contribution >= 0.6 is 0 Å². The van der Waals surface area contributed by atoms with Gasteiger partial charge in [0, 0.05) is 12.5 Å². The largest absolute Gasteiger partial charge is 0.391 e. The Morgan fingerprint density at radius 3 is 2.65 bits per heavy atom. The molecule has 2 rings (SSSR count). The first-order valence-electron chi connectivity index (χ1n) is 7.52. The molecule has 20 heavy (non-hydrogen) atoms. The molecule has 0 saturated heterocycles. The Morgan fingerprint density at radius 2 is 1.95 bits per heavy atom. The molecule has 1 aliphatic rings. The number of aliphatic hydroxyl groups excluding tert-OH is 1. The van der Waals surface area contributed by atoms with Gasteiger partial charge in [0.05, 0.1) is 12.6 Å². The van der Waals surface area contributed by atoms with Gasteiger partial charge < -0.3 is 16.2 Å². The van der Waals surface area contributed by atoms with Crippen molar-refractivity contribution in [3.05, 3.63) is 35.9 Å². The van der Waals surface area contributed by atoms with Crippen molar-refractivity contribution < 1.29 is 5.11 Å². The van der Waals surface area contributed by atoms with E-state index >= 15 is 0 Å². The number of guanidine groups is 1. The molecule has 0 radical (unpaired) electrons. The van der Waals surface area contributed by atoms with E-state index in [0.717, 1.165) is 5.56 Å². The third-order valence-corrected chi connectivity index (χ3v) is 3.74. The van der Waals surface area contributed by atoms with Crippen molar-refractivity contribution in [3.63, 3.8) is 0 Å². The summed E-state index contributed by atoms with van der Waals surface area (Å²) in [6.07, 6.45) is 6.32. The Labute approximate surface area is 121 Å². The lowest BCUT2D eigenvalue weighted by atomic mass is 9.96. The Morgan fingerprint density at radius 1 is 1.25 bits per heavy atom. The molecule has 1 aromatic carbocycles. The number of aliphatic hydroxyl groups is 1. The number of nitrogens with two attached hydrogens (primary N) is 1. The van der Waals surface area contributed by atoms with Gasteiger partial charge in [-0.15, -0.1) is 0 Å². The minimum absolute atomic E-state index is 0.348. The first kappa shape index (κ1) is 14.9. The highest BCUT2D eigenvalue weighted by Crippen LogP contribution is 2.17. The van der Waals surface area contributed by atoms with Gasteiger partial charge in [-0.05, 0) is 18.4 Å². The summed E-state index contributed by atoms with van der Waals surface area (Å²) in [4.78, 5) is 4.25. The van der Waals surface area contributed by atoms with Crippen LogP contribution in [0.2, 0.25) is 0 Å². The Hall–Kier alpha value is -1.55. The van der Waals surface area contributed by atoms with Gasteiger partial charge in [0.2, 0.25) is 0 Å². The maximum Gasteiger partial charge on any atom is 0.188 e. The summed E-state index contributed by atoms with van der Waals surface area (Å²) in [5.41, 5.74) is 6.99. The molecule has 0 heterocycles. The van der Waals surface area contributed by atoms with Crippen molar-refractivity contribution in [3.8, 4) is 0 Å². The van der Waals surface area contributed by atoms with Crippen molar-refractivity contribution in [1.29, 1.82) is 0 Å². The second-order valence-electron chi connectivity index (χ2n) is 5.55. The van der Waals surface area contributed by atoms with Gasteiger partial charge in [-0.3, -0.25) is 4.99 Å². The van der Waals surface area contributed by atoms with E-state index in [-0.39, 0.29) is 0 Å². The lowest BCUT2D eigenvalue weighted by Gasteiger charge is -2.23. The van der Waals surface area contributed by atoms with Crippen LogP contribution in [-0.2, 0) is 6.42 Å². The molecule has 1 fully saturated rings. The predicted octanol–water partition coefficient (Wildman–Crippen LogP) is 1.83. The minimum atomic E-state index is -0.482. The number of benzene rings is 1. The lowest BCUT2D eigenvalue weighted by molar-refractivity contribution is 0.183. The van der Waals surface area contributed by atoms with Crippen LogP contribution in [0, 0.1) is 0 Å². The number of nitrogens with one attached hydrogen (secondary N) is 1. The second-order valence-corrected chi connectivity index (χ2v) is 5.55. The maximum absolute atomic E-state index is 9.97. The summed E-state index contributed by atoms with van der Waals surface area (Å²) in [6.45, 7) is 0.348. The zero-order chi connectivity index (χ0) is 14.2. The number of rotatable bonds is 5. The molecule has 1 aromatic rings. The summed E-state index contributed by atoms with van der Waals surface area (Å²) in [6, 6.07) is 10.4. The van der Waals surface area contributed by atoms with Gasteiger partial charge >= 0.3 is 0 Å². The Balaban J connectivity index is 1.73. The molecule has 0 spiro atoms. The molecule has 110 valence electrons. The van der Waals surface area contributed by atoms with Crippen LogP contribution in [0.5, 0.6) is 0 Å². The summed E-state index contributed by atoms with van der Waals surface area (Å²) >= 11 is 0. The monoisotopic (exact) mass is 275 g/mol. The van der Waals surface area contributed by atoms with Crippen molar-refractivity contribution >= 4 is 5.96 Å². The molecule has 4 nitrogen and oxygen atoms in total. The van der Waals surface area contributed by atoms with Crippen LogP contribution in [0.15, 0.2) is 35.3 Å². The van der Waals surface area contributed by atoms with Gasteiger partial charge in [0.15, 0.2) is 5.96 Å². The minimum Gasteiger partial charge on any atom is -0.391 e. The molecule has 1 atom stereocenters. The summed E-state index contributed by atoms with van der Waals surface area (Å²) in [7, 11) is 0. The quantitative estimate of drug-likeness (QED) is 0.567. The van der Waals surface area contributed by atoms with Gasteiger partial charge in [0.1, 0.15) is 0 Å². The molecule has 4 heteroatoms. The van der Waals surface area contributed by atoms with Crippen molar-refractivity contribution in [2.24, 2.45) is 10.7 Å². The van der Waals surface area contributed by atoms with E-state index < -0.39 is 6.10 Å². The average molecular weight is 275 g/mol. The molecular formula is C16H25N3O. The van der Waals surface area contributed by atoms with Gasteiger partial charge in [-0.2, -0.15) is 0 Å². The normalized spacial score (nSPS) is 18.8. The van der Waals surface area contributed by atoms with Crippen molar-refractivity contribution in [2.45, 2.75) is 50.7 Å². The van der Waals surface area contributed by atoms with Gasteiger partial charge in [-0.1, -0.05) is 49.6 Å². The SMILES string of the molecule is NC(=NCC(O)Cc1ccccc1)NC1CCCCC1. The van der Waals surface area contributed by atoms with Crippen LogP contribution < -0.4 is 11.1 Å². The molecule has 0 bridgehead atoms. The molecule has 1 aliphatic carbocycles. The topological polar surface area (TPSA) is 70.6 Å². The summed E-state index contributed by atoms with van der Waals surface area (Å²) < 4.78 is 0. The summed E-state index contributed by atoms with van der Waals surface area (Å²) in [5, 5.41) is 13.2. The van der Waals surface area contributed by atoms with E-state index in [0.29, 0.717) is 25.0 Å². The highest BCUT2D eigenvalue weighted by molar-refractivity contribution is 5.78. The number of nitrogens with zero attached hydrogens (tertiary/aromatic N) is 1. The van der Waals surface area contributed by atoms with Crippen LogP contribution in [0.3, 0.4) is 0 Å². The van der Waals surface area contributed by atoms with Crippen LogP contribution in [0.4, 0.5) is 0 Å². The third kappa shape index (κ3) is 5.21. The molecule has 0 aromatic heterocycles. The van der Waals surface area contributed by atoms with E-state index in [2.05, 4.69) is 10.3 Å². The fourth-order valence-corrected chi connectivity index (χ4v) is 2.66. The molecular weight excluding hydrogens is 250 g/mol. The van der Waals surface area contributed by atoms with Crippen molar-refractivity contribution in [1.82, 2.24) is 5.32 Å². The number of aliphatic imine (C=N–C) groups is 1. The molecule has 4 N–H and O–H groups in total. The molecule has 0 aliphatic heterocycles. The Kier molecular flexibility index (Phi) is 5.87. The number of hydrogen-bond acceptors (Lipinski definition) is 2. The van der Waals surface area contributed by atoms with Crippen LogP contribution in [0.1, 0.15) is 37.7 Å². The lowest BCUT2D eigenvalue weighted by Crippen LogP contribution is -2.41. The first-order chi connectivity index (χ1) is 9.74. The van der Waals surface area contributed by atoms with Crippen LogP contribution in [-0.4, -0.2) is 29.8 Å². The zero-order valence-electron chi connectivity index (χ0n) is 12.0. The highest BCUT2D eigenvalue weighted by atomic mass is 16.3. The van der Waals surface area contributed by atoms with E-state index in [1.807, 2.05) is 30.3 Å². The fraction of sp³-hybridized carbons (Fsp3) is 0.562. The van der Waals surface area contributed by atoms with E-state index in [1.165, 1.54) is 32.1 Å². The molecule has 1 saturated carbocycles. The highest BCUT2D eigenvalue weighted by Gasteiger charge is 2.13. The average Bonchev–Trinajstić information content (AvgIpc) is 2.47. The van der Waals surface area contributed by atoms with E-state index in [1.54, 1.807) is 0 Å². The van der Waals surface area contributed by atoms with Crippen LogP contribution in [0.25, 0.3) is 0 Å².